The molecule has 0 amide bonds. The normalized spacial score (nSPS) is 18.5. The molecule has 0 saturated heterocycles. The number of rotatable bonds is 8. The highest BCUT2D eigenvalue weighted by atomic mass is 16.3. The van der Waals surface area contributed by atoms with Crippen LogP contribution in [0, 0.1) is 27.7 Å². The van der Waals surface area contributed by atoms with Gasteiger partial charge in [-0.05, 0) is 221 Å². The molecule has 12 aromatic carbocycles. The van der Waals surface area contributed by atoms with Gasteiger partial charge in [-0.25, -0.2) is 18.3 Å². The minimum absolute atomic E-state index is 0.238. The fourth-order valence-electron chi connectivity index (χ4n) is 20.8. The van der Waals surface area contributed by atoms with E-state index in [2.05, 4.69) is 0 Å². The number of aromatic nitrogens is 4. The molecule has 8 heteroatoms. The SMILES string of the molecule is [2H]C(C)(C)c1cc[n+](C)c(-c2c(C)ccc3c2oc2cc4c(cc23)-c2ccccc2C4(C([2H])([2H])[2H])C([2H])([2H])[2H])c1.[2H]C(C)(C)c1cc[n+](C)c(-c2c(C)ccc3c2oc2cc4c(cc23)C(C([2H])([2H])[2H])(C([2H])([2H])[2H])c2ccccc2-4)c1.[2H]C(C)(C)c1cc[n+](C)c(-c2c(C)ccc3c2oc2ccc4c(c23)-c2ccccc2C4(C([2H])([2H])[2H])C([2H])([2H])[2H])c1.[2H]C(C)(C)c1cc[n+](C)c(-c2c(C)ccc3c2oc2ccc4c(c23)C(C([2H])([2H])[2H])(C([2H])([2H])[2H])c2ccccc2-4)c1. The van der Waals surface area contributed by atoms with Gasteiger partial charge in [0.05, 0.1) is 22.3 Å². The van der Waals surface area contributed by atoms with Gasteiger partial charge in [-0.1, -0.05) is 268 Å². The number of fused-ring (bicyclic) bond motifs is 26. The summed E-state index contributed by atoms with van der Waals surface area (Å²) in [6, 6.07) is 73.2. The van der Waals surface area contributed by atoms with E-state index in [4.69, 9.17) is 56.0 Å². The predicted molar refractivity (Wildman–Crippen MR) is 547 cm³/mol. The maximum atomic E-state index is 8.67. The third kappa shape index (κ3) is 13.1. The zero-order valence-corrected chi connectivity index (χ0v) is 76.8. The van der Waals surface area contributed by atoms with E-state index in [0.29, 0.717) is 122 Å². The van der Waals surface area contributed by atoms with Crippen molar-refractivity contribution in [2.75, 3.05) is 0 Å². The van der Waals surface area contributed by atoms with Crippen molar-refractivity contribution in [2.24, 2.45) is 28.2 Å². The quantitative estimate of drug-likeness (QED) is 0.142. The van der Waals surface area contributed by atoms with Crippen LogP contribution in [-0.2, 0) is 49.9 Å². The van der Waals surface area contributed by atoms with Gasteiger partial charge < -0.3 is 17.7 Å². The highest BCUT2D eigenvalue weighted by Crippen LogP contribution is 2.58. The van der Waals surface area contributed by atoms with Crippen molar-refractivity contribution in [3.63, 3.8) is 0 Å². The molecule has 0 N–H and O–H groups in total. The van der Waals surface area contributed by atoms with Crippen LogP contribution >= 0.6 is 0 Å². The molecule has 8 aromatic heterocycles. The Kier molecular flexibility index (Phi) is 13.9. The Hall–Kier alpha value is -13.6. The van der Waals surface area contributed by atoms with Gasteiger partial charge in [0.2, 0.25) is 22.8 Å². The Labute approximate surface area is 815 Å². The summed E-state index contributed by atoms with van der Waals surface area (Å²) in [5.74, 6) is -3.19. The summed E-state index contributed by atoms with van der Waals surface area (Å²) in [4.78, 5) is 0. The molecule has 656 valence electrons. The molecule has 0 atom stereocenters. The highest BCUT2D eigenvalue weighted by Gasteiger charge is 2.43. The Balaban J connectivity index is 0.000000123. The number of nitrogens with zero attached hydrogens (tertiary/aromatic N) is 4. The second-order valence-electron chi connectivity index (χ2n) is 37.3. The minimum atomic E-state index is -2.87. The summed E-state index contributed by atoms with van der Waals surface area (Å²) in [6.07, 6.45) is 7.74. The van der Waals surface area contributed by atoms with Crippen LogP contribution in [0.2, 0.25) is 0 Å². The van der Waals surface area contributed by atoms with Crippen molar-refractivity contribution < 1.29 is 74.3 Å². The molecular formula is C124H120N4O4+4. The molecule has 0 saturated carbocycles. The molecule has 8 heterocycles. The van der Waals surface area contributed by atoms with E-state index in [1.807, 2.05) is 270 Å². The minimum Gasteiger partial charge on any atom is -0.455 e. The van der Waals surface area contributed by atoms with E-state index < -0.39 is 100 Å². The van der Waals surface area contributed by atoms with Crippen molar-refractivity contribution in [2.45, 2.75) is 183 Å². The van der Waals surface area contributed by atoms with Gasteiger partial charge in [0, 0.05) is 152 Å². The number of furan rings is 4. The molecule has 4 aliphatic carbocycles. The van der Waals surface area contributed by atoms with E-state index in [1.54, 1.807) is 127 Å². The van der Waals surface area contributed by atoms with E-state index in [0.717, 1.165) is 111 Å². The topological polar surface area (TPSA) is 68.1 Å². The van der Waals surface area contributed by atoms with Gasteiger partial charge in [-0.3, -0.25) is 0 Å². The van der Waals surface area contributed by atoms with Crippen LogP contribution in [0.4, 0.5) is 0 Å². The van der Waals surface area contributed by atoms with Crippen LogP contribution in [0.5, 0.6) is 0 Å². The number of hydrogen-bond acceptors (Lipinski definition) is 4. The van der Waals surface area contributed by atoms with E-state index in [1.165, 1.54) is 0 Å². The van der Waals surface area contributed by atoms with Crippen molar-refractivity contribution in [1.82, 2.24) is 0 Å². The van der Waals surface area contributed by atoms with Gasteiger partial charge in [0.15, 0.2) is 24.8 Å². The van der Waals surface area contributed by atoms with Gasteiger partial charge in [-0.2, -0.15) is 0 Å². The molecule has 24 rings (SSSR count). The average Bonchev–Trinajstić information content (AvgIpc) is 1.24. The van der Waals surface area contributed by atoms with Crippen LogP contribution < -0.4 is 18.3 Å². The third-order valence-corrected chi connectivity index (χ3v) is 28.0. The summed E-state index contributed by atoms with van der Waals surface area (Å²) in [5, 5.41) is 5.74. The standard InChI is InChI=1S/4C31H30NO/c1-18(2)20-13-14-32(6)27(15-20)29-19(3)11-12-22-24-16-26-23(17-28(24)33-30(22)29)21-9-7-8-10-25(21)31(26,4)5;1-18(2)20-13-14-32(6)27(15-20)29-19(3)11-12-22-24-16-23-21-9-7-8-10-25(21)31(4,5)26(23)17-28(24)33-30(22)29;1-18(2)20-15-16-32(6)25(17-20)27-19(3)11-12-23-28-26(33-30(23)27)14-13-22-21-9-7-8-10-24(21)31(4,5)29(22)28;1-18(2)20-15-16-32(6)25(17-20)27-19(3)11-12-22-29-26(33-30(22)27)14-13-24-28(29)21-9-7-8-10-23(21)31(24,4)5/h4*7-18H,1-6H3/q4*+1/i4*4D3,5D3,18D. The fourth-order valence-corrected chi connectivity index (χ4v) is 20.8. The first-order valence-corrected chi connectivity index (χ1v) is 44.7. The van der Waals surface area contributed by atoms with Crippen molar-refractivity contribution in [3.8, 4) is 89.5 Å². The first kappa shape index (κ1) is 59.0. The zero-order chi connectivity index (χ0) is 116. The Morgan fingerprint density at radius 1 is 0.250 bits per heavy atom. The average molecular weight is 1760 g/mol. The summed E-state index contributed by atoms with van der Waals surface area (Å²) < 4.78 is 274. The van der Waals surface area contributed by atoms with Crippen LogP contribution in [0.3, 0.4) is 0 Å². The lowest BCUT2D eigenvalue weighted by atomic mass is 9.80. The van der Waals surface area contributed by atoms with Crippen LogP contribution in [0.1, 0.15) is 261 Å². The predicted octanol–water partition coefficient (Wildman–Crippen LogP) is 31.3. The number of benzene rings is 12. The number of hydrogen-bond donors (Lipinski definition) is 0. The summed E-state index contributed by atoms with van der Waals surface area (Å²) in [7, 11) is 7.78. The molecule has 0 unspecified atom stereocenters. The van der Waals surface area contributed by atoms with Gasteiger partial charge in [-0.15, -0.1) is 0 Å². The summed E-state index contributed by atoms with van der Waals surface area (Å²) >= 11 is 0. The highest BCUT2D eigenvalue weighted by molar-refractivity contribution is 6.19. The fraction of sp³-hybridized carbons (Fsp3) is 0.258. The lowest BCUT2D eigenvalue weighted by Crippen LogP contribution is -2.31. The van der Waals surface area contributed by atoms with Crippen LogP contribution in [0.15, 0.2) is 285 Å². The maximum Gasteiger partial charge on any atom is 0.216 e. The maximum absolute atomic E-state index is 8.67. The molecule has 0 radical (unpaired) electrons. The monoisotopic (exact) mass is 1760 g/mol. The largest absolute Gasteiger partial charge is 0.455 e. The number of pyridine rings is 4. The Morgan fingerprint density at radius 3 is 0.992 bits per heavy atom. The summed E-state index contributed by atoms with van der Waals surface area (Å²) in [5.41, 5.74) is 17.0. The molecule has 0 aliphatic heterocycles. The number of aryl methyl sites for hydroxylation is 8. The van der Waals surface area contributed by atoms with Crippen LogP contribution in [-0.4, -0.2) is 0 Å². The molecule has 0 bridgehead atoms. The molecule has 4 aliphatic rings. The van der Waals surface area contributed by atoms with Crippen molar-refractivity contribution >= 4 is 87.8 Å². The zero-order valence-electron chi connectivity index (χ0n) is 105. The van der Waals surface area contributed by atoms with E-state index in [9.17, 15) is 0 Å². The molecule has 132 heavy (non-hydrogen) atoms. The van der Waals surface area contributed by atoms with Crippen molar-refractivity contribution in [1.29, 1.82) is 0 Å². The molecule has 0 spiro atoms. The van der Waals surface area contributed by atoms with Gasteiger partial charge in [0.25, 0.3) is 0 Å². The molecule has 0 fully saturated rings. The Morgan fingerprint density at radius 2 is 0.568 bits per heavy atom. The second kappa shape index (κ2) is 31.1. The van der Waals surface area contributed by atoms with Gasteiger partial charge >= 0.3 is 0 Å². The first-order valence-electron chi connectivity index (χ1n) is 58.7. The molecule has 8 nitrogen and oxygen atoms in total. The third-order valence-electron chi connectivity index (χ3n) is 28.0. The Bertz CT molecular complexity index is 9340. The first-order chi connectivity index (χ1) is 74.3. The van der Waals surface area contributed by atoms with Crippen LogP contribution in [0.25, 0.3) is 177 Å². The molecule has 20 aromatic rings. The lowest BCUT2D eigenvalue weighted by Gasteiger charge is -2.22. The second-order valence-corrected chi connectivity index (χ2v) is 37.3. The molecular weight excluding hydrogens is 1610 g/mol. The summed E-state index contributed by atoms with van der Waals surface area (Å²) in [6.45, 7) is 0.0568. The van der Waals surface area contributed by atoms with Gasteiger partial charge in [0.1, 0.15) is 72.9 Å². The lowest BCUT2D eigenvalue weighted by molar-refractivity contribution is -0.660. The van der Waals surface area contributed by atoms with E-state index >= 15 is 0 Å². The van der Waals surface area contributed by atoms with Crippen molar-refractivity contribution in [3.05, 3.63) is 356 Å². The van der Waals surface area contributed by atoms with E-state index in [-0.39, 0.29) is 33.4 Å². The smallest absolute Gasteiger partial charge is 0.216 e.